The molecule has 4 aromatic heterocycles. The molecule has 0 aliphatic carbocycles. The van der Waals surface area contributed by atoms with Gasteiger partial charge in [0.2, 0.25) is 0 Å². The van der Waals surface area contributed by atoms with Crippen LogP contribution in [-0.4, -0.2) is 4.57 Å². The van der Waals surface area contributed by atoms with Crippen molar-refractivity contribution in [3.05, 3.63) is 115 Å². The standard InChI is InChI=1S/C36H19NO2S/c1-5-13-26-22(10-1)31-32-23-11-2-6-14-27(23)38-35(32)33-24-12-3-7-15-28(24)39-36(33)34(31)37(26)20-17-18-30-25(19-20)21-9-4-8-16-29(21)40-30/h1-19H. The fourth-order valence-corrected chi connectivity index (χ4v) is 7.82. The molecule has 10 aromatic rings. The molecular formula is C36H19NO2S. The number of hydrogen-bond donors (Lipinski definition) is 0. The van der Waals surface area contributed by atoms with Gasteiger partial charge in [-0.25, -0.2) is 0 Å². The first-order valence-electron chi connectivity index (χ1n) is 13.4. The highest BCUT2D eigenvalue weighted by Crippen LogP contribution is 2.49. The van der Waals surface area contributed by atoms with Crippen LogP contribution in [0.15, 0.2) is 124 Å². The number of para-hydroxylation sites is 3. The predicted molar refractivity (Wildman–Crippen MR) is 168 cm³/mol. The highest BCUT2D eigenvalue weighted by Gasteiger charge is 2.26. The molecule has 0 unspecified atom stereocenters. The molecule has 40 heavy (non-hydrogen) atoms. The highest BCUT2D eigenvalue weighted by atomic mass is 32.1. The van der Waals surface area contributed by atoms with Crippen LogP contribution in [0, 0.1) is 0 Å². The molecule has 0 N–H and O–H groups in total. The molecule has 0 bridgehead atoms. The Morgan fingerprint density at radius 2 is 1.10 bits per heavy atom. The van der Waals surface area contributed by atoms with Crippen LogP contribution in [0.2, 0.25) is 0 Å². The molecule has 10 rings (SSSR count). The fourth-order valence-electron chi connectivity index (χ4n) is 6.74. The van der Waals surface area contributed by atoms with Gasteiger partial charge in [0.05, 0.1) is 16.4 Å². The summed E-state index contributed by atoms with van der Waals surface area (Å²) in [5.41, 5.74) is 6.84. The average Bonchev–Trinajstić information content (AvgIpc) is 3.75. The Morgan fingerprint density at radius 3 is 1.93 bits per heavy atom. The zero-order chi connectivity index (χ0) is 25.9. The molecular weight excluding hydrogens is 510 g/mol. The summed E-state index contributed by atoms with van der Waals surface area (Å²) >= 11 is 1.84. The fraction of sp³-hybridized carbons (Fsp3) is 0. The van der Waals surface area contributed by atoms with E-state index < -0.39 is 0 Å². The Balaban J connectivity index is 1.50. The average molecular weight is 530 g/mol. The summed E-state index contributed by atoms with van der Waals surface area (Å²) in [7, 11) is 0. The van der Waals surface area contributed by atoms with Gasteiger partial charge in [-0.1, -0.05) is 72.8 Å². The first-order chi connectivity index (χ1) is 19.8. The molecule has 0 atom stereocenters. The summed E-state index contributed by atoms with van der Waals surface area (Å²) in [6, 6.07) is 40.9. The maximum Gasteiger partial charge on any atom is 0.163 e. The molecule has 4 heterocycles. The normalized spacial score (nSPS) is 12.5. The van der Waals surface area contributed by atoms with E-state index in [4.69, 9.17) is 8.83 Å². The van der Waals surface area contributed by atoms with E-state index >= 15 is 0 Å². The van der Waals surface area contributed by atoms with Gasteiger partial charge >= 0.3 is 0 Å². The van der Waals surface area contributed by atoms with Crippen LogP contribution in [0.4, 0.5) is 0 Å². The van der Waals surface area contributed by atoms with E-state index in [0.717, 1.165) is 66.0 Å². The van der Waals surface area contributed by atoms with Gasteiger partial charge in [-0.2, -0.15) is 0 Å². The van der Waals surface area contributed by atoms with Crippen LogP contribution in [0.5, 0.6) is 0 Å². The van der Waals surface area contributed by atoms with E-state index in [-0.39, 0.29) is 0 Å². The number of furan rings is 2. The van der Waals surface area contributed by atoms with Crippen molar-refractivity contribution in [2.45, 2.75) is 0 Å². The first kappa shape index (κ1) is 20.8. The molecule has 0 amide bonds. The van der Waals surface area contributed by atoms with Gasteiger partial charge in [0, 0.05) is 52.8 Å². The third-order valence-corrected chi connectivity index (χ3v) is 9.53. The monoisotopic (exact) mass is 529 g/mol. The summed E-state index contributed by atoms with van der Waals surface area (Å²) < 4.78 is 18.4. The van der Waals surface area contributed by atoms with Crippen LogP contribution in [-0.2, 0) is 0 Å². The molecule has 0 saturated carbocycles. The van der Waals surface area contributed by atoms with E-state index in [1.165, 1.54) is 25.6 Å². The van der Waals surface area contributed by atoms with Crippen LogP contribution in [0.3, 0.4) is 0 Å². The molecule has 186 valence electrons. The third-order valence-electron chi connectivity index (χ3n) is 8.38. The number of benzene rings is 6. The van der Waals surface area contributed by atoms with Gasteiger partial charge < -0.3 is 13.4 Å². The quantitative estimate of drug-likeness (QED) is 0.212. The lowest BCUT2D eigenvalue weighted by atomic mass is 10.0. The van der Waals surface area contributed by atoms with Gasteiger partial charge in [0.1, 0.15) is 16.7 Å². The Bertz CT molecular complexity index is 2660. The van der Waals surface area contributed by atoms with E-state index in [1.807, 2.05) is 29.5 Å². The lowest BCUT2D eigenvalue weighted by Crippen LogP contribution is -1.94. The largest absolute Gasteiger partial charge is 0.455 e. The van der Waals surface area contributed by atoms with Gasteiger partial charge in [-0.3, -0.25) is 0 Å². The molecule has 0 fully saturated rings. The van der Waals surface area contributed by atoms with Crippen molar-refractivity contribution >= 4 is 97.2 Å². The maximum absolute atomic E-state index is 6.73. The topological polar surface area (TPSA) is 31.2 Å². The highest BCUT2D eigenvalue weighted by molar-refractivity contribution is 7.25. The van der Waals surface area contributed by atoms with Crippen molar-refractivity contribution in [1.82, 2.24) is 4.57 Å². The first-order valence-corrected chi connectivity index (χ1v) is 14.3. The van der Waals surface area contributed by atoms with Crippen molar-refractivity contribution in [2.75, 3.05) is 0 Å². The SMILES string of the molecule is c1ccc2c(c1)oc1c2c2oc3ccccc3c2c2c3ccccc3n(-c3ccc4sc5ccccc5c4c3)c12. The summed E-state index contributed by atoms with van der Waals surface area (Å²) in [5.74, 6) is 0. The van der Waals surface area contributed by atoms with E-state index in [9.17, 15) is 0 Å². The van der Waals surface area contributed by atoms with Crippen LogP contribution in [0.1, 0.15) is 0 Å². The lowest BCUT2D eigenvalue weighted by molar-refractivity contribution is 0.664. The molecule has 0 spiro atoms. The van der Waals surface area contributed by atoms with Crippen molar-refractivity contribution in [1.29, 1.82) is 0 Å². The second-order valence-electron chi connectivity index (χ2n) is 10.5. The molecule has 0 aliphatic heterocycles. The molecule has 0 radical (unpaired) electrons. The second-order valence-corrected chi connectivity index (χ2v) is 11.5. The Labute approximate surface area is 231 Å². The number of rotatable bonds is 1. The van der Waals surface area contributed by atoms with E-state index in [2.05, 4.69) is 102 Å². The zero-order valence-corrected chi connectivity index (χ0v) is 22.0. The molecule has 3 nitrogen and oxygen atoms in total. The van der Waals surface area contributed by atoms with Gasteiger partial charge in [-0.15, -0.1) is 11.3 Å². The van der Waals surface area contributed by atoms with Gasteiger partial charge in [0.25, 0.3) is 0 Å². The Hall–Kier alpha value is -5.06. The minimum atomic E-state index is 0.856. The molecule has 0 saturated heterocycles. The minimum absolute atomic E-state index is 0.856. The van der Waals surface area contributed by atoms with Crippen molar-refractivity contribution < 1.29 is 8.83 Å². The van der Waals surface area contributed by atoms with Crippen molar-refractivity contribution in [2.24, 2.45) is 0 Å². The van der Waals surface area contributed by atoms with E-state index in [1.54, 1.807) is 0 Å². The van der Waals surface area contributed by atoms with Crippen LogP contribution >= 0.6 is 11.3 Å². The number of aromatic nitrogens is 1. The van der Waals surface area contributed by atoms with Crippen molar-refractivity contribution in [3.8, 4) is 5.69 Å². The third kappa shape index (κ3) is 2.50. The Morgan fingerprint density at radius 1 is 0.475 bits per heavy atom. The van der Waals surface area contributed by atoms with Crippen LogP contribution < -0.4 is 0 Å². The maximum atomic E-state index is 6.73. The summed E-state index contributed by atoms with van der Waals surface area (Å²) in [5, 5.41) is 9.28. The van der Waals surface area contributed by atoms with Crippen molar-refractivity contribution in [3.63, 3.8) is 0 Å². The number of hydrogen-bond acceptors (Lipinski definition) is 3. The predicted octanol–water partition coefficient (Wildman–Crippen LogP) is 11.0. The summed E-state index contributed by atoms with van der Waals surface area (Å²) in [4.78, 5) is 0. The minimum Gasteiger partial charge on any atom is -0.455 e. The number of thiophene rings is 1. The number of nitrogens with zero attached hydrogens (tertiary/aromatic N) is 1. The molecule has 6 aromatic carbocycles. The second kappa shape index (κ2) is 7.32. The number of fused-ring (bicyclic) bond motifs is 15. The summed E-state index contributed by atoms with van der Waals surface area (Å²) in [6.07, 6.45) is 0. The molecule has 4 heteroatoms. The lowest BCUT2D eigenvalue weighted by Gasteiger charge is -2.09. The molecule has 0 aliphatic rings. The smallest absolute Gasteiger partial charge is 0.163 e. The van der Waals surface area contributed by atoms with Crippen LogP contribution in [0.25, 0.3) is 91.5 Å². The summed E-state index contributed by atoms with van der Waals surface area (Å²) in [6.45, 7) is 0. The van der Waals surface area contributed by atoms with Gasteiger partial charge in [-0.05, 0) is 42.5 Å². The van der Waals surface area contributed by atoms with Gasteiger partial charge in [0.15, 0.2) is 5.58 Å². The van der Waals surface area contributed by atoms with E-state index in [0.29, 0.717) is 0 Å². The Kier molecular flexibility index (Phi) is 3.81. The zero-order valence-electron chi connectivity index (χ0n) is 21.1.